The molecule has 2 aliphatic heterocycles. The van der Waals surface area contributed by atoms with Gasteiger partial charge in [-0.3, -0.25) is 9.59 Å². The Bertz CT molecular complexity index is 644. The van der Waals surface area contributed by atoms with E-state index in [1.807, 2.05) is 35.9 Å². The van der Waals surface area contributed by atoms with Gasteiger partial charge in [0.2, 0.25) is 5.91 Å². The van der Waals surface area contributed by atoms with Crippen molar-refractivity contribution in [1.29, 1.82) is 0 Å². The first-order chi connectivity index (χ1) is 11.5. The van der Waals surface area contributed by atoms with Crippen LogP contribution >= 0.6 is 0 Å². The van der Waals surface area contributed by atoms with Gasteiger partial charge in [0.25, 0.3) is 5.91 Å². The molecule has 130 valence electrons. The number of anilines is 2. The second kappa shape index (κ2) is 6.81. The minimum atomic E-state index is -0.0137. The summed E-state index contributed by atoms with van der Waals surface area (Å²) in [4.78, 5) is 28.6. The Morgan fingerprint density at radius 3 is 2.92 bits per heavy atom. The number of amides is 2. The highest BCUT2D eigenvalue weighted by Gasteiger charge is 2.27. The van der Waals surface area contributed by atoms with Crippen LogP contribution in [0.1, 0.15) is 36.5 Å². The van der Waals surface area contributed by atoms with Gasteiger partial charge in [0, 0.05) is 44.7 Å². The predicted molar refractivity (Wildman–Crippen MR) is 95.2 cm³/mol. The molecule has 2 heterocycles. The van der Waals surface area contributed by atoms with Crippen LogP contribution in [0.15, 0.2) is 18.2 Å². The normalized spacial score (nSPS) is 22.5. The van der Waals surface area contributed by atoms with E-state index in [0.717, 1.165) is 25.1 Å². The van der Waals surface area contributed by atoms with Crippen LogP contribution in [0.2, 0.25) is 0 Å². The van der Waals surface area contributed by atoms with Crippen molar-refractivity contribution in [1.82, 2.24) is 4.90 Å². The fraction of sp³-hybridized carbons (Fsp3) is 0.556. The van der Waals surface area contributed by atoms with E-state index < -0.39 is 0 Å². The molecule has 3 N–H and O–H groups in total. The lowest BCUT2D eigenvalue weighted by atomic mass is 9.92. The van der Waals surface area contributed by atoms with Gasteiger partial charge in [-0.05, 0) is 43.9 Å². The van der Waals surface area contributed by atoms with Crippen molar-refractivity contribution in [2.75, 3.05) is 36.9 Å². The average molecular weight is 330 g/mol. The summed E-state index contributed by atoms with van der Waals surface area (Å²) in [6.45, 7) is 4.16. The number of rotatable bonds is 2. The van der Waals surface area contributed by atoms with Crippen molar-refractivity contribution in [3.05, 3.63) is 23.8 Å². The summed E-state index contributed by atoms with van der Waals surface area (Å²) in [5, 5.41) is 2.91. The standard InChI is InChI=1S/C18H26N4O2/c1-12(19)14-4-3-8-22(11-14)18(24)13-5-6-16-15(10-13)20-17(23)7-9-21(16)2/h5-6,10,12,14H,3-4,7-9,11,19H2,1-2H3,(H,20,23). The van der Waals surface area contributed by atoms with E-state index in [0.29, 0.717) is 36.7 Å². The lowest BCUT2D eigenvalue weighted by Gasteiger charge is -2.34. The molecule has 0 bridgehead atoms. The molecule has 0 aromatic heterocycles. The minimum absolute atomic E-state index is 0.0137. The first-order valence-electron chi connectivity index (χ1n) is 8.65. The van der Waals surface area contributed by atoms with Gasteiger partial charge in [0.1, 0.15) is 0 Å². The summed E-state index contributed by atoms with van der Waals surface area (Å²) in [5.74, 6) is 0.360. The van der Waals surface area contributed by atoms with Crippen LogP contribution in [0.25, 0.3) is 0 Å². The third-order valence-corrected chi connectivity index (χ3v) is 5.09. The fourth-order valence-corrected chi connectivity index (χ4v) is 3.51. The lowest BCUT2D eigenvalue weighted by Crippen LogP contribution is -2.45. The highest BCUT2D eigenvalue weighted by Crippen LogP contribution is 2.30. The molecular formula is C18H26N4O2. The van der Waals surface area contributed by atoms with Crippen molar-refractivity contribution >= 4 is 23.2 Å². The van der Waals surface area contributed by atoms with Gasteiger partial charge in [-0.25, -0.2) is 0 Å². The molecule has 1 aromatic carbocycles. The number of carbonyl (C=O) groups excluding carboxylic acids is 2. The molecule has 6 nitrogen and oxygen atoms in total. The number of likely N-dealkylation sites (tertiary alicyclic amines) is 1. The molecule has 0 saturated carbocycles. The number of nitrogens with zero attached hydrogens (tertiary/aromatic N) is 2. The maximum atomic E-state index is 12.9. The highest BCUT2D eigenvalue weighted by molar-refractivity contribution is 6.00. The maximum Gasteiger partial charge on any atom is 0.253 e. The number of hydrogen-bond donors (Lipinski definition) is 2. The van der Waals surface area contributed by atoms with Gasteiger partial charge < -0.3 is 20.9 Å². The number of carbonyl (C=O) groups is 2. The summed E-state index contributed by atoms with van der Waals surface area (Å²) in [5.41, 5.74) is 8.30. The molecule has 0 aliphatic carbocycles. The lowest BCUT2D eigenvalue weighted by molar-refractivity contribution is -0.115. The Kier molecular flexibility index (Phi) is 4.76. The summed E-state index contributed by atoms with van der Waals surface area (Å²) < 4.78 is 0. The van der Waals surface area contributed by atoms with Gasteiger partial charge in [0.05, 0.1) is 11.4 Å². The zero-order chi connectivity index (χ0) is 17.3. The molecule has 2 amide bonds. The van der Waals surface area contributed by atoms with Gasteiger partial charge >= 0.3 is 0 Å². The van der Waals surface area contributed by atoms with Crippen molar-refractivity contribution in [2.45, 2.75) is 32.2 Å². The van der Waals surface area contributed by atoms with E-state index in [1.54, 1.807) is 6.07 Å². The maximum absolute atomic E-state index is 12.9. The summed E-state index contributed by atoms with van der Waals surface area (Å²) in [7, 11) is 1.96. The molecule has 1 fully saturated rings. The van der Waals surface area contributed by atoms with Gasteiger partial charge in [0.15, 0.2) is 0 Å². The number of nitrogens with two attached hydrogens (primary N) is 1. The summed E-state index contributed by atoms with van der Waals surface area (Å²) in [6.07, 6.45) is 2.52. The Morgan fingerprint density at radius 1 is 1.38 bits per heavy atom. The molecule has 0 radical (unpaired) electrons. The summed E-state index contributed by atoms with van der Waals surface area (Å²) in [6, 6.07) is 5.67. The first-order valence-corrected chi connectivity index (χ1v) is 8.65. The van der Waals surface area contributed by atoms with E-state index in [1.165, 1.54) is 0 Å². The molecule has 1 aromatic rings. The van der Waals surface area contributed by atoms with E-state index in [9.17, 15) is 9.59 Å². The van der Waals surface area contributed by atoms with Gasteiger partial charge in [-0.2, -0.15) is 0 Å². The van der Waals surface area contributed by atoms with Crippen LogP contribution < -0.4 is 16.0 Å². The van der Waals surface area contributed by atoms with Crippen LogP contribution in [-0.4, -0.2) is 49.4 Å². The number of piperidine rings is 1. The largest absolute Gasteiger partial charge is 0.372 e. The smallest absolute Gasteiger partial charge is 0.253 e. The van der Waals surface area contributed by atoms with Crippen LogP contribution in [0, 0.1) is 5.92 Å². The third kappa shape index (κ3) is 3.38. The third-order valence-electron chi connectivity index (χ3n) is 5.09. The number of hydrogen-bond acceptors (Lipinski definition) is 4. The topological polar surface area (TPSA) is 78.7 Å². The molecule has 2 atom stereocenters. The van der Waals surface area contributed by atoms with Crippen molar-refractivity contribution in [2.24, 2.45) is 11.7 Å². The van der Waals surface area contributed by atoms with Crippen molar-refractivity contribution < 1.29 is 9.59 Å². The van der Waals surface area contributed by atoms with Crippen molar-refractivity contribution in [3.8, 4) is 0 Å². The number of benzene rings is 1. The second-order valence-electron chi connectivity index (χ2n) is 6.96. The number of fused-ring (bicyclic) bond motifs is 1. The van der Waals surface area contributed by atoms with Crippen LogP contribution in [0.5, 0.6) is 0 Å². The molecular weight excluding hydrogens is 304 g/mol. The Hall–Kier alpha value is -2.08. The first kappa shape index (κ1) is 16.8. The monoisotopic (exact) mass is 330 g/mol. The zero-order valence-electron chi connectivity index (χ0n) is 14.4. The fourth-order valence-electron chi connectivity index (χ4n) is 3.51. The molecule has 2 unspecified atom stereocenters. The zero-order valence-corrected chi connectivity index (χ0v) is 14.4. The van der Waals surface area contributed by atoms with E-state index in [-0.39, 0.29) is 17.9 Å². The van der Waals surface area contributed by atoms with Crippen LogP contribution in [-0.2, 0) is 4.79 Å². The SMILES string of the molecule is CC(N)C1CCCN(C(=O)c2ccc3c(c2)NC(=O)CCN3C)C1. The quantitative estimate of drug-likeness (QED) is 0.864. The number of nitrogens with one attached hydrogen (secondary N) is 1. The van der Waals surface area contributed by atoms with Crippen molar-refractivity contribution in [3.63, 3.8) is 0 Å². The van der Waals surface area contributed by atoms with E-state index in [2.05, 4.69) is 5.32 Å². The molecule has 24 heavy (non-hydrogen) atoms. The van der Waals surface area contributed by atoms with Gasteiger partial charge in [-0.15, -0.1) is 0 Å². The molecule has 6 heteroatoms. The van der Waals surface area contributed by atoms with E-state index >= 15 is 0 Å². The highest BCUT2D eigenvalue weighted by atomic mass is 16.2. The van der Waals surface area contributed by atoms with Crippen LogP contribution in [0.4, 0.5) is 11.4 Å². The molecule has 2 aliphatic rings. The molecule has 0 spiro atoms. The average Bonchev–Trinajstić information content (AvgIpc) is 2.72. The minimum Gasteiger partial charge on any atom is -0.372 e. The predicted octanol–water partition coefficient (Wildman–Crippen LogP) is 1.66. The molecule has 3 rings (SSSR count). The molecule has 1 saturated heterocycles. The Morgan fingerprint density at radius 2 is 2.17 bits per heavy atom. The Balaban J connectivity index is 1.82. The van der Waals surface area contributed by atoms with Gasteiger partial charge in [-0.1, -0.05) is 0 Å². The van der Waals surface area contributed by atoms with Crippen LogP contribution in [0.3, 0.4) is 0 Å². The Labute approximate surface area is 143 Å². The van der Waals surface area contributed by atoms with E-state index in [4.69, 9.17) is 5.73 Å². The second-order valence-corrected chi connectivity index (χ2v) is 6.96. The summed E-state index contributed by atoms with van der Waals surface area (Å²) >= 11 is 0.